The third kappa shape index (κ3) is 2.58. The fraction of sp³-hybridized carbons (Fsp3) is 1.00. The number of piperidine rings is 1. The van der Waals surface area contributed by atoms with Crippen molar-refractivity contribution in [3.8, 4) is 0 Å². The lowest BCUT2D eigenvalue weighted by Gasteiger charge is -2.43. The first-order valence-electron chi connectivity index (χ1n) is 6.65. The number of hydrogen-bond acceptors (Lipinski definition) is 3. The summed E-state index contributed by atoms with van der Waals surface area (Å²) in [6.07, 6.45) is 3.78. The average Bonchev–Trinajstić information content (AvgIpc) is 2.83. The van der Waals surface area contributed by atoms with E-state index in [9.17, 15) is 0 Å². The first-order chi connectivity index (χ1) is 7.64. The van der Waals surface area contributed by atoms with Gasteiger partial charge in [-0.1, -0.05) is 0 Å². The molecule has 1 N–H and O–H groups in total. The van der Waals surface area contributed by atoms with Crippen molar-refractivity contribution in [2.75, 3.05) is 33.4 Å². The molecule has 0 saturated carbocycles. The van der Waals surface area contributed by atoms with Crippen LogP contribution in [0.15, 0.2) is 0 Å². The predicted octanol–water partition coefficient (Wildman–Crippen LogP) is 1.49. The first kappa shape index (κ1) is 12.3. The molecule has 0 radical (unpaired) electrons. The number of nitrogens with zero attached hydrogens (tertiary/aromatic N) is 1. The fourth-order valence-electron chi connectivity index (χ4n) is 2.91. The molecule has 2 aliphatic heterocycles. The van der Waals surface area contributed by atoms with Gasteiger partial charge in [-0.3, -0.25) is 0 Å². The zero-order valence-corrected chi connectivity index (χ0v) is 11.0. The second kappa shape index (κ2) is 5.03. The van der Waals surface area contributed by atoms with E-state index in [1.54, 1.807) is 0 Å². The van der Waals surface area contributed by atoms with Crippen LogP contribution in [0.4, 0.5) is 0 Å². The summed E-state index contributed by atoms with van der Waals surface area (Å²) in [5, 5.41) is 3.46. The third-order valence-corrected chi connectivity index (χ3v) is 4.73. The van der Waals surface area contributed by atoms with Crippen LogP contribution in [0.5, 0.6) is 0 Å². The maximum atomic E-state index is 5.49. The highest BCUT2D eigenvalue weighted by Crippen LogP contribution is 2.27. The molecule has 16 heavy (non-hydrogen) atoms. The molecule has 3 nitrogen and oxygen atoms in total. The van der Waals surface area contributed by atoms with Crippen LogP contribution < -0.4 is 5.32 Å². The first-order valence-corrected chi connectivity index (χ1v) is 6.65. The monoisotopic (exact) mass is 226 g/mol. The summed E-state index contributed by atoms with van der Waals surface area (Å²) < 4.78 is 5.49. The van der Waals surface area contributed by atoms with Gasteiger partial charge in [-0.25, -0.2) is 0 Å². The third-order valence-electron chi connectivity index (χ3n) is 4.73. The Kier molecular flexibility index (Phi) is 3.88. The molecule has 2 unspecified atom stereocenters. The van der Waals surface area contributed by atoms with E-state index in [2.05, 4.69) is 31.1 Å². The van der Waals surface area contributed by atoms with E-state index in [1.165, 1.54) is 32.4 Å². The minimum absolute atomic E-state index is 0.363. The quantitative estimate of drug-likeness (QED) is 0.789. The second-order valence-electron chi connectivity index (χ2n) is 5.71. The minimum atomic E-state index is 0.363. The normalized spacial score (nSPS) is 32.8. The maximum absolute atomic E-state index is 5.49. The summed E-state index contributed by atoms with van der Waals surface area (Å²) in [4.78, 5) is 2.65. The SMILES string of the molecule is CNC1(C)CCN(C(C)C2CCOC2)CC1. The predicted molar refractivity (Wildman–Crippen MR) is 66.7 cm³/mol. The Morgan fingerprint density at radius 3 is 2.56 bits per heavy atom. The Hall–Kier alpha value is -0.120. The van der Waals surface area contributed by atoms with Crippen molar-refractivity contribution in [1.29, 1.82) is 0 Å². The van der Waals surface area contributed by atoms with Crippen LogP contribution in [0.1, 0.15) is 33.1 Å². The smallest absolute Gasteiger partial charge is 0.0509 e. The minimum Gasteiger partial charge on any atom is -0.381 e. The molecule has 0 aromatic rings. The molecule has 0 bridgehead atoms. The Balaban J connectivity index is 1.83. The van der Waals surface area contributed by atoms with E-state index in [0.29, 0.717) is 11.6 Å². The van der Waals surface area contributed by atoms with E-state index in [1.807, 2.05) is 0 Å². The molecule has 0 aromatic heterocycles. The summed E-state index contributed by atoms with van der Waals surface area (Å²) in [7, 11) is 2.09. The Morgan fingerprint density at radius 1 is 1.38 bits per heavy atom. The molecule has 2 rings (SSSR count). The van der Waals surface area contributed by atoms with Crippen LogP contribution >= 0.6 is 0 Å². The topological polar surface area (TPSA) is 24.5 Å². The van der Waals surface area contributed by atoms with Crippen LogP contribution in [-0.4, -0.2) is 49.8 Å². The van der Waals surface area contributed by atoms with Crippen molar-refractivity contribution in [2.45, 2.75) is 44.7 Å². The van der Waals surface area contributed by atoms with Gasteiger partial charge >= 0.3 is 0 Å². The summed E-state index contributed by atoms with van der Waals surface area (Å²) in [6.45, 7) is 9.12. The van der Waals surface area contributed by atoms with Crippen molar-refractivity contribution >= 4 is 0 Å². The molecule has 0 spiro atoms. The van der Waals surface area contributed by atoms with E-state index in [4.69, 9.17) is 4.74 Å². The van der Waals surface area contributed by atoms with E-state index in [-0.39, 0.29) is 0 Å². The average molecular weight is 226 g/mol. The molecule has 2 aliphatic rings. The fourth-order valence-corrected chi connectivity index (χ4v) is 2.91. The van der Waals surface area contributed by atoms with Crippen LogP contribution in [0, 0.1) is 5.92 Å². The van der Waals surface area contributed by atoms with Gasteiger partial charge in [-0.05, 0) is 46.1 Å². The maximum Gasteiger partial charge on any atom is 0.0509 e. The lowest BCUT2D eigenvalue weighted by atomic mass is 9.87. The van der Waals surface area contributed by atoms with Crippen LogP contribution in [-0.2, 0) is 4.74 Å². The second-order valence-corrected chi connectivity index (χ2v) is 5.71. The molecule has 94 valence electrons. The summed E-state index contributed by atoms with van der Waals surface area (Å²) >= 11 is 0. The van der Waals surface area contributed by atoms with Crippen molar-refractivity contribution in [1.82, 2.24) is 10.2 Å². The largest absolute Gasteiger partial charge is 0.381 e. The highest BCUT2D eigenvalue weighted by molar-refractivity contribution is 4.91. The number of rotatable bonds is 3. The number of nitrogens with one attached hydrogen (secondary N) is 1. The van der Waals surface area contributed by atoms with Crippen molar-refractivity contribution in [3.63, 3.8) is 0 Å². The van der Waals surface area contributed by atoms with Gasteiger partial charge in [-0.2, -0.15) is 0 Å². The molecule has 2 heterocycles. The summed E-state index contributed by atoms with van der Waals surface area (Å²) in [6, 6.07) is 0.698. The molecule has 2 fully saturated rings. The molecule has 0 aromatic carbocycles. The highest BCUT2D eigenvalue weighted by Gasteiger charge is 2.33. The van der Waals surface area contributed by atoms with Gasteiger partial charge in [0.25, 0.3) is 0 Å². The van der Waals surface area contributed by atoms with Gasteiger partial charge in [0.15, 0.2) is 0 Å². The van der Waals surface area contributed by atoms with E-state index >= 15 is 0 Å². The Labute approximate surface area is 99.5 Å². The molecule has 0 aliphatic carbocycles. The standard InChI is InChI=1S/C13H26N2O/c1-11(12-4-9-16-10-12)15-7-5-13(2,14-3)6-8-15/h11-12,14H,4-10H2,1-3H3. The van der Waals surface area contributed by atoms with Crippen molar-refractivity contribution in [2.24, 2.45) is 5.92 Å². The molecule has 3 heteroatoms. The summed E-state index contributed by atoms with van der Waals surface area (Å²) in [5.41, 5.74) is 0.363. The molecular weight excluding hydrogens is 200 g/mol. The lowest BCUT2D eigenvalue weighted by Crippen LogP contribution is -2.53. The zero-order chi connectivity index (χ0) is 11.6. The van der Waals surface area contributed by atoms with Crippen LogP contribution in [0.25, 0.3) is 0 Å². The van der Waals surface area contributed by atoms with Gasteiger partial charge in [0.1, 0.15) is 0 Å². The van der Waals surface area contributed by atoms with Crippen molar-refractivity contribution in [3.05, 3.63) is 0 Å². The molecule has 2 atom stereocenters. The number of hydrogen-bond donors (Lipinski definition) is 1. The van der Waals surface area contributed by atoms with Crippen molar-refractivity contribution < 1.29 is 4.74 Å². The van der Waals surface area contributed by atoms with Gasteiger partial charge in [0, 0.05) is 31.3 Å². The Morgan fingerprint density at radius 2 is 2.06 bits per heavy atom. The van der Waals surface area contributed by atoms with Gasteiger partial charge in [0.2, 0.25) is 0 Å². The van der Waals surface area contributed by atoms with Crippen LogP contribution in [0.2, 0.25) is 0 Å². The van der Waals surface area contributed by atoms with Gasteiger partial charge < -0.3 is 15.0 Å². The van der Waals surface area contributed by atoms with Crippen LogP contribution in [0.3, 0.4) is 0 Å². The molecule has 0 amide bonds. The highest BCUT2D eigenvalue weighted by atomic mass is 16.5. The van der Waals surface area contributed by atoms with E-state index < -0.39 is 0 Å². The zero-order valence-electron chi connectivity index (χ0n) is 11.0. The van der Waals surface area contributed by atoms with E-state index in [0.717, 1.165) is 19.1 Å². The number of ether oxygens (including phenoxy) is 1. The number of likely N-dealkylation sites (tertiary alicyclic amines) is 1. The molecule has 2 saturated heterocycles. The molecular formula is C13H26N2O. The lowest BCUT2D eigenvalue weighted by molar-refractivity contribution is 0.0804. The summed E-state index contributed by atoms with van der Waals surface area (Å²) in [5.74, 6) is 0.763. The van der Waals surface area contributed by atoms with Gasteiger partial charge in [-0.15, -0.1) is 0 Å². The van der Waals surface area contributed by atoms with Gasteiger partial charge in [0.05, 0.1) is 6.61 Å². The Bertz CT molecular complexity index is 218.